The molecular formula is C47H37NO14S. The number of carbonyl (C=O) groups excluding carboxylic acids is 4. The van der Waals surface area contributed by atoms with Crippen LogP contribution in [-0.2, 0) is 10.0 Å². The fourth-order valence-electron chi connectivity index (χ4n) is 5.78. The summed E-state index contributed by atoms with van der Waals surface area (Å²) in [7, 11) is 3.06. The predicted octanol–water partition coefficient (Wildman–Crippen LogP) is 7.40. The van der Waals surface area contributed by atoms with Crippen LogP contribution in [0.2, 0.25) is 0 Å². The molecule has 63 heavy (non-hydrogen) atoms. The molecule has 0 heterocycles. The van der Waals surface area contributed by atoms with Crippen molar-refractivity contribution < 1.29 is 65.5 Å². The molecule has 1 N–H and O–H groups in total. The molecule has 0 aliphatic rings. The van der Waals surface area contributed by atoms with Gasteiger partial charge in [-0.05, 0) is 109 Å². The fourth-order valence-corrected chi connectivity index (χ4v) is 6.84. The van der Waals surface area contributed by atoms with Crippen molar-refractivity contribution in [1.29, 1.82) is 0 Å². The van der Waals surface area contributed by atoms with Crippen LogP contribution in [0.4, 0.5) is 5.69 Å². The number of carbonyl (C=O) groups is 4. The molecule has 0 fully saturated rings. The van der Waals surface area contributed by atoms with Gasteiger partial charge in [0.05, 0.1) is 51.6 Å². The van der Waals surface area contributed by atoms with Crippen LogP contribution < -0.4 is 42.6 Å². The molecule has 16 heteroatoms. The van der Waals surface area contributed by atoms with Gasteiger partial charge in [-0.1, -0.05) is 11.8 Å². The Morgan fingerprint density at radius 1 is 0.492 bits per heavy atom. The lowest BCUT2D eigenvalue weighted by Crippen LogP contribution is -2.14. The maximum Gasteiger partial charge on any atom is 0.347 e. The highest BCUT2D eigenvalue weighted by Crippen LogP contribution is 2.35. The Hall–Kier alpha value is -8.29. The number of esters is 3. The van der Waals surface area contributed by atoms with Gasteiger partial charge in [0, 0.05) is 34.5 Å². The molecule has 0 atom stereocenters. The Kier molecular flexibility index (Phi) is 13.9. The molecule has 0 bridgehead atoms. The lowest BCUT2D eigenvalue weighted by Gasteiger charge is -2.13. The second-order valence-corrected chi connectivity index (χ2v) is 14.6. The number of anilines is 1. The van der Waals surface area contributed by atoms with Gasteiger partial charge in [-0.3, -0.25) is 9.52 Å². The van der Waals surface area contributed by atoms with Crippen molar-refractivity contribution in [3.8, 4) is 57.8 Å². The molecule has 0 aliphatic heterocycles. The van der Waals surface area contributed by atoms with Gasteiger partial charge >= 0.3 is 17.9 Å². The summed E-state index contributed by atoms with van der Waals surface area (Å²) >= 11 is 0. The van der Waals surface area contributed by atoms with Gasteiger partial charge < -0.3 is 37.9 Å². The maximum atomic E-state index is 13.1. The van der Waals surface area contributed by atoms with Crippen LogP contribution in [0.15, 0.2) is 126 Å². The molecule has 320 valence electrons. The number of benzene rings is 6. The number of aldehydes is 1. The summed E-state index contributed by atoms with van der Waals surface area (Å²) in [4.78, 5) is 50.2. The number of nitrogens with one attached hydrogen (secondary N) is 1. The monoisotopic (exact) mass is 871 g/mol. The number of hydrogen-bond acceptors (Lipinski definition) is 14. The summed E-state index contributed by atoms with van der Waals surface area (Å²) in [5.41, 5.74) is 1.79. The highest BCUT2D eigenvalue weighted by Gasteiger charge is 2.22. The van der Waals surface area contributed by atoms with Crippen LogP contribution in [0.25, 0.3) is 0 Å². The zero-order valence-corrected chi connectivity index (χ0v) is 35.1. The normalized spacial score (nSPS) is 10.6. The Labute approximate surface area is 362 Å². The molecular weight excluding hydrogens is 835 g/mol. The van der Waals surface area contributed by atoms with Crippen molar-refractivity contribution in [3.63, 3.8) is 0 Å². The van der Waals surface area contributed by atoms with E-state index in [0.29, 0.717) is 28.9 Å². The molecule has 0 saturated heterocycles. The standard InChI is InChI=1S/C47H37NO14S/c1-55-40-27-44(59-5)43(58-4)26-39(40)47(52)62-35-18-12-31(13-19-35)45(50)60-34-16-10-30(11-17-34)7-6-29-8-14-33(15-9-29)48-63(53,54)37-22-20-36(21-23-37)61-46(51)38-25-42(57-3)41(56-2)24-32(38)28-49/h8-28,48H,1-5H3. The number of rotatable bonds is 15. The van der Waals surface area contributed by atoms with Crippen molar-refractivity contribution >= 4 is 39.9 Å². The second kappa shape index (κ2) is 19.8. The van der Waals surface area contributed by atoms with E-state index in [1.165, 1.54) is 108 Å². The lowest BCUT2D eigenvalue weighted by atomic mass is 10.1. The summed E-state index contributed by atoms with van der Waals surface area (Å²) in [6.07, 6.45) is 0.483. The average molecular weight is 872 g/mol. The van der Waals surface area contributed by atoms with Crippen molar-refractivity contribution in [2.45, 2.75) is 4.90 Å². The largest absolute Gasteiger partial charge is 0.496 e. The van der Waals surface area contributed by atoms with Gasteiger partial charge in [0.2, 0.25) is 0 Å². The van der Waals surface area contributed by atoms with Crippen LogP contribution in [0, 0.1) is 11.8 Å². The number of methoxy groups -OCH3 is 5. The Balaban J connectivity index is 1.01. The number of hydrogen-bond donors (Lipinski definition) is 1. The first-order chi connectivity index (χ1) is 30.4. The molecule has 0 aliphatic carbocycles. The highest BCUT2D eigenvalue weighted by atomic mass is 32.2. The van der Waals surface area contributed by atoms with E-state index in [9.17, 15) is 27.6 Å². The molecule has 6 rings (SSSR count). The third-order valence-corrected chi connectivity index (χ3v) is 10.4. The van der Waals surface area contributed by atoms with Crippen molar-refractivity contribution in [3.05, 3.63) is 155 Å². The first-order valence-corrected chi connectivity index (χ1v) is 20.0. The zero-order valence-electron chi connectivity index (χ0n) is 34.2. The lowest BCUT2D eigenvalue weighted by molar-refractivity contribution is 0.0721. The summed E-state index contributed by atoms with van der Waals surface area (Å²) in [6, 6.07) is 29.5. The van der Waals surface area contributed by atoms with E-state index < -0.39 is 27.9 Å². The minimum Gasteiger partial charge on any atom is -0.496 e. The van der Waals surface area contributed by atoms with Crippen LogP contribution >= 0.6 is 0 Å². The van der Waals surface area contributed by atoms with E-state index >= 15 is 0 Å². The average Bonchev–Trinajstić information content (AvgIpc) is 3.30. The van der Waals surface area contributed by atoms with E-state index in [1.807, 2.05) is 0 Å². The predicted molar refractivity (Wildman–Crippen MR) is 228 cm³/mol. The Bertz CT molecular complexity index is 2830. The molecule has 0 amide bonds. The molecule has 0 aromatic heterocycles. The van der Waals surface area contributed by atoms with Gasteiger partial charge in [-0.15, -0.1) is 0 Å². The molecule has 15 nitrogen and oxygen atoms in total. The number of sulfonamides is 1. The molecule has 6 aromatic rings. The van der Waals surface area contributed by atoms with Crippen molar-refractivity contribution in [2.24, 2.45) is 0 Å². The Morgan fingerprint density at radius 2 is 0.905 bits per heavy atom. The SMILES string of the molecule is COc1cc(C=O)c(C(=O)Oc2ccc(S(=O)(=O)Nc3ccc(C#Cc4ccc(OC(=O)c5ccc(OC(=O)c6cc(OC)c(OC)cc6OC)cc5)cc4)cc3)cc2)cc1OC. The maximum absolute atomic E-state index is 13.1. The molecule has 0 spiro atoms. The van der Waals surface area contributed by atoms with Gasteiger partial charge in [0.1, 0.15) is 28.6 Å². The van der Waals surface area contributed by atoms with E-state index in [-0.39, 0.29) is 67.3 Å². The quantitative estimate of drug-likeness (QED) is 0.0465. The van der Waals surface area contributed by atoms with Gasteiger partial charge in [0.25, 0.3) is 10.0 Å². The Morgan fingerprint density at radius 3 is 1.41 bits per heavy atom. The van der Waals surface area contributed by atoms with E-state index in [2.05, 4.69) is 16.6 Å². The number of ether oxygens (including phenoxy) is 8. The topological polar surface area (TPSA) is 188 Å². The van der Waals surface area contributed by atoms with Crippen LogP contribution in [0.5, 0.6) is 46.0 Å². The summed E-state index contributed by atoms with van der Waals surface area (Å²) < 4.78 is 71.3. The third kappa shape index (κ3) is 10.7. The minimum atomic E-state index is -4.03. The van der Waals surface area contributed by atoms with Crippen LogP contribution in [0.3, 0.4) is 0 Å². The smallest absolute Gasteiger partial charge is 0.347 e. The first kappa shape index (κ1) is 44.3. The summed E-state index contributed by atoms with van der Waals surface area (Å²) in [5, 5.41) is 0. The molecule has 0 radical (unpaired) electrons. The van der Waals surface area contributed by atoms with Crippen LogP contribution in [0.1, 0.15) is 52.6 Å². The van der Waals surface area contributed by atoms with E-state index in [1.54, 1.807) is 48.5 Å². The molecule has 0 unspecified atom stereocenters. The highest BCUT2D eigenvalue weighted by molar-refractivity contribution is 7.92. The van der Waals surface area contributed by atoms with E-state index in [0.717, 1.165) is 0 Å². The zero-order chi connectivity index (χ0) is 45.1. The van der Waals surface area contributed by atoms with E-state index in [4.69, 9.17) is 37.9 Å². The van der Waals surface area contributed by atoms with Crippen molar-refractivity contribution in [1.82, 2.24) is 0 Å². The van der Waals surface area contributed by atoms with Crippen LogP contribution in [-0.4, -0.2) is 68.2 Å². The minimum absolute atomic E-state index is 0.0223. The molecule has 0 saturated carbocycles. The first-order valence-electron chi connectivity index (χ1n) is 18.5. The molecule has 6 aromatic carbocycles. The van der Waals surface area contributed by atoms with Crippen molar-refractivity contribution in [2.75, 3.05) is 40.3 Å². The van der Waals surface area contributed by atoms with Gasteiger partial charge in [0.15, 0.2) is 29.3 Å². The second-order valence-electron chi connectivity index (χ2n) is 12.9. The summed E-state index contributed by atoms with van der Waals surface area (Å²) in [6.45, 7) is 0. The van der Waals surface area contributed by atoms with Gasteiger partial charge in [-0.25, -0.2) is 22.8 Å². The summed E-state index contributed by atoms with van der Waals surface area (Å²) in [5.74, 6) is 5.72. The third-order valence-electron chi connectivity index (χ3n) is 9.03. The van der Waals surface area contributed by atoms with Gasteiger partial charge in [-0.2, -0.15) is 0 Å². The fraction of sp³-hybridized carbons (Fsp3) is 0.106.